The van der Waals surface area contributed by atoms with Crippen molar-refractivity contribution in [2.24, 2.45) is 23.0 Å². The summed E-state index contributed by atoms with van der Waals surface area (Å²) in [7, 11) is 0. The average molecular weight is 268 g/mol. The highest BCUT2D eigenvalue weighted by Crippen LogP contribution is 2.32. The molecule has 2 unspecified atom stereocenters. The van der Waals surface area contributed by atoms with Gasteiger partial charge in [-0.25, -0.2) is 0 Å². The summed E-state index contributed by atoms with van der Waals surface area (Å²) in [5, 5.41) is 0. The van der Waals surface area contributed by atoms with E-state index in [1.54, 1.807) is 0 Å². The van der Waals surface area contributed by atoms with E-state index in [1.807, 2.05) is 0 Å². The molecule has 0 aromatic carbocycles. The molecule has 2 atom stereocenters. The molecule has 0 saturated carbocycles. The van der Waals surface area contributed by atoms with Gasteiger partial charge >= 0.3 is 0 Å². The molecule has 0 aliphatic carbocycles. The van der Waals surface area contributed by atoms with Crippen LogP contribution in [0.15, 0.2) is 0 Å². The Balaban J connectivity index is 2.22. The maximum atomic E-state index is 5.76. The Bertz CT molecular complexity index is 232. The van der Waals surface area contributed by atoms with Gasteiger partial charge in [-0.15, -0.1) is 0 Å². The van der Waals surface area contributed by atoms with Crippen LogP contribution in [0.1, 0.15) is 66.2 Å². The number of likely N-dealkylation sites (tertiary alicyclic amines) is 1. The van der Waals surface area contributed by atoms with E-state index in [-0.39, 0.29) is 0 Å². The molecule has 1 saturated heterocycles. The van der Waals surface area contributed by atoms with E-state index in [2.05, 4.69) is 32.6 Å². The van der Waals surface area contributed by atoms with Gasteiger partial charge in [-0.05, 0) is 69.0 Å². The first-order valence-corrected chi connectivity index (χ1v) is 8.39. The van der Waals surface area contributed by atoms with Crippen LogP contribution in [-0.4, -0.2) is 31.1 Å². The molecule has 0 aromatic heterocycles. The summed E-state index contributed by atoms with van der Waals surface area (Å²) < 4.78 is 0. The van der Waals surface area contributed by atoms with Crippen LogP contribution in [0, 0.1) is 17.3 Å². The third kappa shape index (κ3) is 6.27. The maximum absolute atomic E-state index is 5.76. The highest BCUT2D eigenvalue weighted by Gasteiger charge is 2.25. The van der Waals surface area contributed by atoms with Crippen molar-refractivity contribution in [2.75, 3.05) is 26.2 Å². The number of nitrogens with zero attached hydrogens (tertiary/aromatic N) is 1. The van der Waals surface area contributed by atoms with Gasteiger partial charge in [0.1, 0.15) is 0 Å². The lowest BCUT2D eigenvalue weighted by molar-refractivity contribution is 0.199. The molecule has 2 heteroatoms. The summed E-state index contributed by atoms with van der Waals surface area (Å²) in [4.78, 5) is 2.68. The van der Waals surface area contributed by atoms with E-state index >= 15 is 0 Å². The predicted molar refractivity (Wildman–Crippen MR) is 85.3 cm³/mol. The second-order valence-electron chi connectivity index (χ2n) is 7.53. The fraction of sp³-hybridized carbons (Fsp3) is 1.00. The van der Waals surface area contributed by atoms with Crippen LogP contribution >= 0.6 is 0 Å². The second kappa shape index (κ2) is 8.26. The lowest BCUT2D eigenvalue weighted by Crippen LogP contribution is -2.26. The monoisotopic (exact) mass is 268 g/mol. The second-order valence-corrected chi connectivity index (χ2v) is 7.53. The Labute approximate surface area is 121 Å². The summed E-state index contributed by atoms with van der Waals surface area (Å²) in [6, 6.07) is 0. The zero-order chi connectivity index (χ0) is 14.3. The van der Waals surface area contributed by atoms with Gasteiger partial charge in [0.05, 0.1) is 0 Å². The van der Waals surface area contributed by atoms with Crippen LogP contribution in [0.5, 0.6) is 0 Å². The SMILES string of the molecule is CCCC1CCN(CCCC(CCN)C(C)(C)C)C1. The molecule has 0 aromatic rings. The zero-order valence-electron chi connectivity index (χ0n) is 13.8. The molecule has 0 bridgehead atoms. The van der Waals surface area contributed by atoms with Crippen molar-refractivity contribution in [1.29, 1.82) is 0 Å². The Kier molecular flexibility index (Phi) is 7.38. The molecule has 1 rings (SSSR count). The van der Waals surface area contributed by atoms with Crippen molar-refractivity contribution in [3.8, 4) is 0 Å². The first-order chi connectivity index (χ1) is 8.97. The van der Waals surface area contributed by atoms with Crippen LogP contribution in [0.2, 0.25) is 0 Å². The first-order valence-electron chi connectivity index (χ1n) is 8.39. The van der Waals surface area contributed by atoms with Crippen molar-refractivity contribution in [3.63, 3.8) is 0 Å². The Morgan fingerprint density at radius 2 is 2.00 bits per heavy atom. The fourth-order valence-electron chi connectivity index (χ4n) is 3.53. The van der Waals surface area contributed by atoms with Crippen LogP contribution < -0.4 is 5.73 Å². The van der Waals surface area contributed by atoms with Gasteiger partial charge in [-0.1, -0.05) is 34.1 Å². The highest BCUT2D eigenvalue weighted by atomic mass is 15.1. The van der Waals surface area contributed by atoms with Gasteiger partial charge < -0.3 is 10.6 Å². The third-order valence-corrected chi connectivity index (χ3v) is 4.83. The zero-order valence-corrected chi connectivity index (χ0v) is 13.8. The van der Waals surface area contributed by atoms with E-state index in [9.17, 15) is 0 Å². The molecule has 114 valence electrons. The summed E-state index contributed by atoms with van der Waals surface area (Å²) in [5.74, 6) is 1.76. The normalized spacial score (nSPS) is 22.9. The van der Waals surface area contributed by atoms with E-state index in [0.29, 0.717) is 5.41 Å². The van der Waals surface area contributed by atoms with Gasteiger partial charge in [-0.3, -0.25) is 0 Å². The lowest BCUT2D eigenvalue weighted by atomic mass is 9.76. The van der Waals surface area contributed by atoms with Gasteiger partial charge in [0, 0.05) is 6.54 Å². The topological polar surface area (TPSA) is 29.3 Å². The maximum Gasteiger partial charge on any atom is 0.00101 e. The number of nitrogens with two attached hydrogens (primary N) is 1. The van der Waals surface area contributed by atoms with Crippen LogP contribution in [-0.2, 0) is 0 Å². The summed E-state index contributed by atoms with van der Waals surface area (Å²) in [6.07, 6.45) is 8.08. The highest BCUT2D eigenvalue weighted by molar-refractivity contribution is 4.78. The molecule has 2 nitrogen and oxygen atoms in total. The molecule has 1 heterocycles. The minimum atomic E-state index is 0.412. The van der Waals surface area contributed by atoms with Gasteiger partial charge in [0.15, 0.2) is 0 Å². The molecule has 2 N–H and O–H groups in total. The van der Waals surface area contributed by atoms with Crippen molar-refractivity contribution >= 4 is 0 Å². The number of rotatable bonds is 8. The molecule has 0 radical (unpaired) electrons. The molecule has 0 amide bonds. The summed E-state index contributed by atoms with van der Waals surface area (Å²) in [6.45, 7) is 14.2. The van der Waals surface area contributed by atoms with E-state index < -0.39 is 0 Å². The number of hydrogen-bond donors (Lipinski definition) is 1. The quantitative estimate of drug-likeness (QED) is 0.723. The Morgan fingerprint density at radius 3 is 2.58 bits per heavy atom. The van der Waals surface area contributed by atoms with Gasteiger partial charge in [0.2, 0.25) is 0 Å². The van der Waals surface area contributed by atoms with Crippen molar-refractivity contribution in [1.82, 2.24) is 4.90 Å². The van der Waals surface area contributed by atoms with Crippen molar-refractivity contribution < 1.29 is 0 Å². The minimum Gasteiger partial charge on any atom is -0.330 e. The van der Waals surface area contributed by atoms with Crippen LogP contribution in [0.25, 0.3) is 0 Å². The molecule has 1 fully saturated rings. The standard InChI is InChI=1S/C17H36N2/c1-5-7-15-10-13-19(14-15)12-6-8-16(9-11-18)17(2,3)4/h15-16H,5-14,18H2,1-4H3. The largest absolute Gasteiger partial charge is 0.330 e. The van der Waals surface area contributed by atoms with Crippen LogP contribution in [0.4, 0.5) is 0 Å². The Hall–Kier alpha value is -0.0800. The first kappa shape index (κ1) is 17.0. The molecule has 19 heavy (non-hydrogen) atoms. The summed E-state index contributed by atoms with van der Waals surface area (Å²) >= 11 is 0. The lowest BCUT2D eigenvalue weighted by Gasteiger charge is -2.31. The third-order valence-electron chi connectivity index (χ3n) is 4.83. The molecule has 0 spiro atoms. The van der Waals surface area contributed by atoms with E-state index in [1.165, 1.54) is 58.2 Å². The smallest absolute Gasteiger partial charge is 0.00101 e. The van der Waals surface area contributed by atoms with Gasteiger partial charge in [-0.2, -0.15) is 0 Å². The molecule has 1 aliphatic rings. The number of hydrogen-bond acceptors (Lipinski definition) is 2. The predicted octanol–water partition coefficient (Wildman–Crippen LogP) is 3.90. The molecular weight excluding hydrogens is 232 g/mol. The molecule has 1 aliphatic heterocycles. The van der Waals surface area contributed by atoms with Crippen molar-refractivity contribution in [3.05, 3.63) is 0 Å². The van der Waals surface area contributed by atoms with Crippen LogP contribution in [0.3, 0.4) is 0 Å². The summed E-state index contributed by atoms with van der Waals surface area (Å²) in [5.41, 5.74) is 6.17. The fourth-order valence-corrected chi connectivity index (χ4v) is 3.53. The van der Waals surface area contributed by atoms with E-state index in [0.717, 1.165) is 18.4 Å². The Morgan fingerprint density at radius 1 is 1.26 bits per heavy atom. The average Bonchev–Trinajstić information content (AvgIpc) is 2.75. The minimum absolute atomic E-state index is 0.412. The van der Waals surface area contributed by atoms with Gasteiger partial charge in [0.25, 0.3) is 0 Å². The molecular formula is C17H36N2. The van der Waals surface area contributed by atoms with Crippen molar-refractivity contribution in [2.45, 2.75) is 66.2 Å². The van der Waals surface area contributed by atoms with E-state index in [4.69, 9.17) is 5.73 Å².